The van der Waals surface area contributed by atoms with Crippen molar-refractivity contribution in [2.75, 3.05) is 7.11 Å². The van der Waals surface area contributed by atoms with Gasteiger partial charge in [-0.1, -0.05) is 11.6 Å². The average molecular weight is 308 g/mol. The van der Waals surface area contributed by atoms with Crippen LogP contribution in [0.15, 0.2) is 24.3 Å². The number of hydrogen-bond donors (Lipinski definition) is 3. The number of benzene rings is 1. The number of H-pyrrole nitrogens is 1. The minimum Gasteiger partial charge on any atom is -0.381 e. The van der Waals surface area contributed by atoms with Gasteiger partial charge in [-0.15, -0.1) is 0 Å². The van der Waals surface area contributed by atoms with Crippen molar-refractivity contribution >= 4 is 28.4 Å². The monoisotopic (exact) mass is 307 g/mol. The summed E-state index contributed by atoms with van der Waals surface area (Å²) >= 11 is 5.95. The van der Waals surface area contributed by atoms with Crippen molar-refractivity contribution in [1.82, 2.24) is 10.3 Å². The van der Waals surface area contributed by atoms with Crippen LogP contribution in [0, 0.1) is 0 Å². The number of nitrogens with one attached hydrogen (secondary N) is 2. The molecule has 3 atom stereocenters. The third kappa shape index (κ3) is 2.90. The zero-order chi connectivity index (χ0) is 15.0. The third-order valence-electron chi connectivity index (χ3n) is 4.05. The fourth-order valence-electron chi connectivity index (χ4n) is 2.85. The first-order valence-corrected chi connectivity index (χ1v) is 7.32. The molecule has 21 heavy (non-hydrogen) atoms. The summed E-state index contributed by atoms with van der Waals surface area (Å²) in [6, 6.07) is 7.14. The van der Waals surface area contributed by atoms with Crippen LogP contribution in [0.5, 0.6) is 0 Å². The van der Waals surface area contributed by atoms with E-state index < -0.39 is 0 Å². The first kappa shape index (κ1) is 14.4. The van der Waals surface area contributed by atoms with Crippen LogP contribution in [0.2, 0.25) is 5.02 Å². The molecule has 6 heteroatoms. The van der Waals surface area contributed by atoms with Gasteiger partial charge < -0.3 is 20.8 Å². The molecule has 0 spiro atoms. The van der Waals surface area contributed by atoms with Crippen LogP contribution in [0.4, 0.5) is 0 Å². The van der Waals surface area contributed by atoms with Crippen molar-refractivity contribution in [1.29, 1.82) is 0 Å². The molecular formula is C15H18ClN3O2. The van der Waals surface area contributed by atoms with Crippen molar-refractivity contribution in [2.24, 2.45) is 5.73 Å². The summed E-state index contributed by atoms with van der Waals surface area (Å²) in [6.45, 7) is 0. The lowest BCUT2D eigenvalue weighted by molar-refractivity contribution is 0.0910. The molecule has 1 unspecified atom stereocenters. The van der Waals surface area contributed by atoms with Gasteiger partial charge in [-0.25, -0.2) is 0 Å². The van der Waals surface area contributed by atoms with Crippen LogP contribution in [0.1, 0.15) is 23.3 Å². The van der Waals surface area contributed by atoms with Gasteiger partial charge in [0.2, 0.25) is 0 Å². The van der Waals surface area contributed by atoms with Gasteiger partial charge in [0.1, 0.15) is 5.69 Å². The van der Waals surface area contributed by atoms with Gasteiger partial charge in [0, 0.05) is 35.1 Å². The Labute approximate surface area is 127 Å². The number of methoxy groups -OCH3 is 1. The number of fused-ring (bicyclic) bond motifs is 1. The fourth-order valence-corrected chi connectivity index (χ4v) is 3.03. The second-order valence-corrected chi connectivity index (χ2v) is 5.92. The predicted molar refractivity (Wildman–Crippen MR) is 82.6 cm³/mol. The number of carbonyl (C=O) groups excluding carboxylic acids is 1. The molecule has 1 saturated carbocycles. The van der Waals surface area contributed by atoms with Crippen molar-refractivity contribution in [3.63, 3.8) is 0 Å². The van der Waals surface area contributed by atoms with Crippen molar-refractivity contribution in [3.05, 3.63) is 35.0 Å². The van der Waals surface area contributed by atoms with Gasteiger partial charge in [-0.3, -0.25) is 4.79 Å². The second kappa shape index (κ2) is 5.67. The van der Waals surface area contributed by atoms with Crippen LogP contribution in [0.25, 0.3) is 10.9 Å². The lowest BCUT2D eigenvalue weighted by Crippen LogP contribution is -2.44. The summed E-state index contributed by atoms with van der Waals surface area (Å²) in [5.74, 6) is -0.153. The van der Waals surface area contributed by atoms with Gasteiger partial charge in [0.05, 0.1) is 6.10 Å². The van der Waals surface area contributed by atoms with Gasteiger partial charge in [-0.2, -0.15) is 0 Å². The largest absolute Gasteiger partial charge is 0.381 e. The third-order valence-corrected chi connectivity index (χ3v) is 4.28. The maximum absolute atomic E-state index is 12.3. The Hall–Kier alpha value is -1.56. The molecule has 0 radical (unpaired) electrons. The summed E-state index contributed by atoms with van der Waals surface area (Å²) in [5.41, 5.74) is 7.44. The van der Waals surface area contributed by atoms with Crippen molar-refractivity contribution in [3.8, 4) is 0 Å². The summed E-state index contributed by atoms with van der Waals surface area (Å²) in [7, 11) is 1.67. The SMILES string of the molecule is COC1C[C@@H](N)[C@H](NC(=O)c2cc3cc(Cl)ccc3[nH]2)C1. The van der Waals surface area contributed by atoms with Crippen LogP contribution < -0.4 is 11.1 Å². The first-order valence-electron chi connectivity index (χ1n) is 6.94. The Balaban J connectivity index is 1.75. The highest BCUT2D eigenvalue weighted by Crippen LogP contribution is 2.23. The summed E-state index contributed by atoms with van der Waals surface area (Å²) in [5, 5.41) is 4.54. The van der Waals surface area contributed by atoms with Crippen LogP contribution in [-0.2, 0) is 4.74 Å². The molecule has 5 nitrogen and oxygen atoms in total. The average Bonchev–Trinajstić information content (AvgIpc) is 3.02. The van der Waals surface area contributed by atoms with Crippen molar-refractivity contribution in [2.45, 2.75) is 31.0 Å². The second-order valence-electron chi connectivity index (χ2n) is 5.49. The summed E-state index contributed by atoms with van der Waals surface area (Å²) in [6.07, 6.45) is 1.63. The highest BCUT2D eigenvalue weighted by atomic mass is 35.5. The van der Waals surface area contributed by atoms with Gasteiger partial charge in [0.25, 0.3) is 5.91 Å². The molecule has 0 bridgehead atoms. The Kier molecular flexibility index (Phi) is 3.89. The molecule has 112 valence electrons. The van der Waals surface area contributed by atoms with Crippen molar-refractivity contribution < 1.29 is 9.53 Å². The van der Waals surface area contributed by atoms with E-state index in [0.29, 0.717) is 10.7 Å². The van der Waals surface area contributed by atoms with Gasteiger partial charge in [0.15, 0.2) is 0 Å². The standard InChI is InChI=1S/C15H18ClN3O2/c1-21-10-6-11(17)13(7-10)19-15(20)14-5-8-4-9(16)2-3-12(8)18-14/h2-5,10-11,13,18H,6-7,17H2,1H3,(H,19,20)/t10?,11-,13-/m1/s1. The number of amides is 1. The number of hydrogen-bond acceptors (Lipinski definition) is 3. The maximum atomic E-state index is 12.3. The predicted octanol–water partition coefficient (Wildman–Crippen LogP) is 2.06. The smallest absolute Gasteiger partial charge is 0.268 e. The number of halogens is 1. The Morgan fingerprint density at radius 3 is 2.95 bits per heavy atom. The zero-order valence-electron chi connectivity index (χ0n) is 11.7. The van der Waals surface area contributed by atoms with E-state index in [9.17, 15) is 4.79 Å². The minimum atomic E-state index is -0.153. The number of nitrogens with two attached hydrogens (primary N) is 1. The van der Waals surface area contributed by atoms with Crippen LogP contribution in [-0.4, -0.2) is 36.2 Å². The molecule has 1 fully saturated rings. The van der Waals surface area contributed by atoms with E-state index in [4.69, 9.17) is 22.1 Å². The lowest BCUT2D eigenvalue weighted by atomic mass is 10.2. The lowest BCUT2D eigenvalue weighted by Gasteiger charge is -2.16. The molecule has 1 heterocycles. The molecule has 4 N–H and O–H groups in total. The number of ether oxygens (including phenoxy) is 1. The molecule has 2 aromatic rings. The van der Waals surface area contributed by atoms with Crippen LogP contribution >= 0.6 is 11.6 Å². The number of aromatic nitrogens is 1. The summed E-state index contributed by atoms with van der Waals surface area (Å²) < 4.78 is 5.31. The molecule has 1 aromatic carbocycles. The fraction of sp³-hybridized carbons (Fsp3) is 0.400. The van der Waals surface area contributed by atoms with E-state index in [-0.39, 0.29) is 24.1 Å². The van der Waals surface area contributed by atoms with E-state index in [0.717, 1.165) is 23.7 Å². The molecule has 3 rings (SSSR count). The number of carbonyl (C=O) groups is 1. The number of aromatic amines is 1. The van der Waals surface area contributed by atoms with E-state index >= 15 is 0 Å². The Bertz CT molecular complexity index is 670. The highest BCUT2D eigenvalue weighted by Gasteiger charge is 2.33. The normalized spacial score (nSPS) is 25.4. The summed E-state index contributed by atoms with van der Waals surface area (Å²) in [4.78, 5) is 15.4. The molecular weight excluding hydrogens is 290 g/mol. The van der Waals surface area contributed by atoms with Gasteiger partial charge >= 0.3 is 0 Å². The van der Waals surface area contributed by atoms with Crippen LogP contribution in [0.3, 0.4) is 0 Å². The topological polar surface area (TPSA) is 80.1 Å². The zero-order valence-corrected chi connectivity index (χ0v) is 12.5. The van der Waals surface area contributed by atoms with E-state index in [2.05, 4.69) is 10.3 Å². The molecule has 1 amide bonds. The van der Waals surface area contributed by atoms with E-state index in [1.165, 1.54) is 0 Å². The molecule has 0 saturated heterocycles. The molecule has 1 aromatic heterocycles. The maximum Gasteiger partial charge on any atom is 0.268 e. The molecule has 1 aliphatic rings. The van der Waals surface area contributed by atoms with Gasteiger partial charge in [-0.05, 0) is 37.1 Å². The molecule has 0 aliphatic heterocycles. The Morgan fingerprint density at radius 1 is 1.43 bits per heavy atom. The minimum absolute atomic E-state index is 0.0579. The molecule has 1 aliphatic carbocycles. The Morgan fingerprint density at radius 2 is 2.24 bits per heavy atom. The quantitative estimate of drug-likeness (QED) is 0.812. The highest BCUT2D eigenvalue weighted by molar-refractivity contribution is 6.31. The number of rotatable bonds is 3. The van der Waals surface area contributed by atoms with E-state index in [1.54, 1.807) is 19.2 Å². The first-order chi connectivity index (χ1) is 10.1. The van der Waals surface area contributed by atoms with E-state index in [1.807, 2.05) is 12.1 Å².